The molecule has 1 aliphatic rings. The van der Waals surface area contributed by atoms with E-state index in [1.54, 1.807) is 14.2 Å². The molecule has 0 aliphatic heterocycles. The van der Waals surface area contributed by atoms with Crippen LogP contribution in [0.2, 0.25) is 0 Å². The van der Waals surface area contributed by atoms with Crippen LogP contribution < -0.4 is 14.8 Å². The highest BCUT2D eigenvalue weighted by Crippen LogP contribution is 2.35. The molecule has 2 N–H and O–H groups in total. The van der Waals surface area contributed by atoms with Gasteiger partial charge in [0.1, 0.15) is 11.5 Å². The third kappa shape index (κ3) is 3.27. The number of benzene rings is 2. The lowest BCUT2D eigenvalue weighted by molar-refractivity contribution is 0.274. The van der Waals surface area contributed by atoms with Crippen molar-refractivity contribution >= 4 is 5.69 Å². The predicted molar refractivity (Wildman–Crippen MR) is 91.2 cm³/mol. The summed E-state index contributed by atoms with van der Waals surface area (Å²) in [5.74, 6) is 1.63. The summed E-state index contributed by atoms with van der Waals surface area (Å²) in [5, 5.41) is 13.1. The van der Waals surface area contributed by atoms with Crippen molar-refractivity contribution in [2.24, 2.45) is 0 Å². The Labute approximate surface area is 137 Å². The number of methoxy groups -OCH3 is 2. The van der Waals surface area contributed by atoms with Crippen molar-refractivity contribution in [3.8, 4) is 11.5 Å². The topological polar surface area (TPSA) is 50.7 Å². The number of anilines is 1. The molecule has 0 amide bonds. The maximum Gasteiger partial charge on any atom is 0.124 e. The van der Waals surface area contributed by atoms with E-state index in [4.69, 9.17) is 9.47 Å². The second-order valence-electron chi connectivity index (χ2n) is 5.84. The molecule has 1 unspecified atom stereocenters. The highest BCUT2D eigenvalue weighted by atomic mass is 16.5. The van der Waals surface area contributed by atoms with Crippen LogP contribution in [0.3, 0.4) is 0 Å². The molecule has 0 spiro atoms. The molecule has 0 saturated carbocycles. The van der Waals surface area contributed by atoms with Gasteiger partial charge in [-0.25, -0.2) is 0 Å². The summed E-state index contributed by atoms with van der Waals surface area (Å²) in [6.45, 7) is -0.0306. The number of rotatable bonds is 5. The van der Waals surface area contributed by atoms with Gasteiger partial charge >= 0.3 is 0 Å². The summed E-state index contributed by atoms with van der Waals surface area (Å²) >= 11 is 0. The number of hydrogen-bond acceptors (Lipinski definition) is 4. The van der Waals surface area contributed by atoms with Crippen molar-refractivity contribution in [1.82, 2.24) is 0 Å². The summed E-state index contributed by atoms with van der Waals surface area (Å²) < 4.78 is 10.6. The van der Waals surface area contributed by atoms with Gasteiger partial charge in [0, 0.05) is 11.3 Å². The SMILES string of the molecule is COc1ccc2c(c1)CCCC2Nc1ccc(OC)c(CO)c1. The lowest BCUT2D eigenvalue weighted by Crippen LogP contribution is -2.17. The summed E-state index contributed by atoms with van der Waals surface area (Å²) in [4.78, 5) is 0. The fourth-order valence-corrected chi connectivity index (χ4v) is 3.26. The summed E-state index contributed by atoms with van der Waals surface area (Å²) in [6.07, 6.45) is 3.34. The van der Waals surface area contributed by atoms with Crippen molar-refractivity contribution in [3.05, 3.63) is 53.1 Å². The van der Waals surface area contributed by atoms with Crippen LogP contribution in [-0.4, -0.2) is 19.3 Å². The number of fused-ring (bicyclic) bond motifs is 1. The first kappa shape index (κ1) is 15.7. The van der Waals surface area contributed by atoms with E-state index in [-0.39, 0.29) is 12.6 Å². The van der Waals surface area contributed by atoms with Crippen LogP contribution >= 0.6 is 0 Å². The van der Waals surface area contributed by atoms with Gasteiger partial charge in [-0.05, 0) is 60.7 Å². The predicted octanol–water partition coefficient (Wildman–Crippen LogP) is 3.69. The molecule has 0 bridgehead atoms. The van der Waals surface area contributed by atoms with Crippen LogP contribution in [0.15, 0.2) is 36.4 Å². The largest absolute Gasteiger partial charge is 0.497 e. The Balaban J connectivity index is 1.84. The minimum atomic E-state index is -0.0306. The Hall–Kier alpha value is -2.20. The van der Waals surface area contributed by atoms with Crippen LogP contribution in [0.1, 0.15) is 35.6 Å². The molecule has 0 aromatic heterocycles. The van der Waals surface area contributed by atoms with Gasteiger partial charge in [0.05, 0.1) is 26.9 Å². The maximum atomic E-state index is 9.47. The van der Waals surface area contributed by atoms with Gasteiger partial charge in [-0.2, -0.15) is 0 Å². The van der Waals surface area contributed by atoms with Crippen LogP contribution in [-0.2, 0) is 13.0 Å². The zero-order valence-corrected chi connectivity index (χ0v) is 13.6. The van der Waals surface area contributed by atoms with Gasteiger partial charge in [-0.1, -0.05) is 6.07 Å². The molecular weight excluding hydrogens is 290 g/mol. The number of aliphatic hydroxyl groups excluding tert-OH is 1. The zero-order valence-electron chi connectivity index (χ0n) is 13.6. The Morgan fingerprint density at radius 1 is 1.13 bits per heavy atom. The average Bonchev–Trinajstić information content (AvgIpc) is 2.61. The van der Waals surface area contributed by atoms with Gasteiger partial charge in [-0.3, -0.25) is 0 Å². The minimum absolute atomic E-state index is 0.0306. The number of ether oxygens (including phenoxy) is 2. The third-order valence-corrected chi connectivity index (χ3v) is 4.46. The fraction of sp³-hybridized carbons (Fsp3) is 0.368. The molecule has 2 aromatic carbocycles. The quantitative estimate of drug-likeness (QED) is 0.884. The van der Waals surface area contributed by atoms with Crippen LogP contribution in [0.5, 0.6) is 11.5 Å². The minimum Gasteiger partial charge on any atom is -0.497 e. The highest BCUT2D eigenvalue weighted by Gasteiger charge is 2.20. The van der Waals surface area contributed by atoms with Gasteiger partial charge in [0.2, 0.25) is 0 Å². The second kappa shape index (κ2) is 6.92. The Morgan fingerprint density at radius 3 is 2.74 bits per heavy atom. The molecule has 1 atom stereocenters. The first-order valence-electron chi connectivity index (χ1n) is 7.96. The highest BCUT2D eigenvalue weighted by molar-refractivity contribution is 5.53. The molecule has 0 saturated heterocycles. The molecule has 4 nitrogen and oxygen atoms in total. The fourth-order valence-electron chi connectivity index (χ4n) is 3.26. The van der Waals surface area contributed by atoms with Crippen LogP contribution in [0.25, 0.3) is 0 Å². The molecule has 3 rings (SSSR count). The van der Waals surface area contributed by atoms with E-state index in [0.29, 0.717) is 5.75 Å². The molecule has 122 valence electrons. The van der Waals surface area contributed by atoms with E-state index in [1.807, 2.05) is 24.3 Å². The number of nitrogens with one attached hydrogen (secondary N) is 1. The van der Waals surface area contributed by atoms with Crippen molar-refractivity contribution in [1.29, 1.82) is 0 Å². The lowest BCUT2D eigenvalue weighted by Gasteiger charge is -2.28. The summed E-state index contributed by atoms with van der Waals surface area (Å²) in [7, 11) is 3.32. The van der Waals surface area contributed by atoms with Crippen molar-refractivity contribution in [3.63, 3.8) is 0 Å². The molecule has 0 radical (unpaired) electrons. The molecule has 23 heavy (non-hydrogen) atoms. The average molecular weight is 313 g/mol. The zero-order chi connectivity index (χ0) is 16.2. The number of aryl methyl sites for hydroxylation is 1. The molecule has 4 heteroatoms. The van der Waals surface area contributed by atoms with E-state index in [0.717, 1.165) is 36.3 Å². The van der Waals surface area contributed by atoms with Gasteiger partial charge in [-0.15, -0.1) is 0 Å². The van der Waals surface area contributed by atoms with Crippen molar-refractivity contribution < 1.29 is 14.6 Å². The van der Waals surface area contributed by atoms with Gasteiger partial charge < -0.3 is 19.9 Å². The molecule has 0 heterocycles. The van der Waals surface area contributed by atoms with Crippen LogP contribution in [0.4, 0.5) is 5.69 Å². The van der Waals surface area contributed by atoms with E-state index < -0.39 is 0 Å². The first-order chi connectivity index (χ1) is 11.2. The Bertz CT molecular complexity index is 684. The molecule has 2 aromatic rings. The monoisotopic (exact) mass is 313 g/mol. The lowest BCUT2D eigenvalue weighted by atomic mass is 9.87. The first-order valence-corrected chi connectivity index (χ1v) is 7.96. The Morgan fingerprint density at radius 2 is 2.00 bits per heavy atom. The number of hydrogen-bond donors (Lipinski definition) is 2. The molecular formula is C19H23NO3. The van der Waals surface area contributed by atoms with E-state index in [1.165, 1.54) is 11.1 Å². The summed E-state index contributed by atoms with van der Waals surface area (Å²) in [6, 6.07) is 12.4. The van der Waals surface area contributed by atoms with E-state index >= 15 is 0 Å². The Kier molecular flexibility index (Phi) is 4.72. The van der Waals surface area contributed by atoms with Gasteiger partial charge in [0.25, 0.3) is 0 Å². The standard InChI is InChI=1S/C19H23NO3/c1-22-16-7-8-17-13(11-16)4-3-5-18(17)20-15-6-9-19(23-2)14(10-15)12-21/h6-11,18,20-21H,3-5,12H2,1-2H3. The maximum absolute atomic E-state index is 9.47. The normalized spacial score (nSPS) is 16.6. The van der Waals surface area contributed by atoms with Crippen molar-refractivity contribution in [2.75, 3.05) is 19.5 Å². The number of aliphatic hydroxyl groups is 1. The van der Waals surface area contributed by atoms with Crippen molar-refractivity contribution in [2.45, 2.75) is 31.9 Å². The van der Waals surface area contributed by atoms with Gasteiger partial charge in [0.15, 0.2) is 0 Å². The molecule has 0 fully saturated rings. The molecule has 1 aliphatic carbocycles. The van der Waals surface area contributed by atoms with E-state index in [9.17, 15) is 5.11 Å². The smallest absolute Gasteiger partial charge is 0.124 e. The second-order valence-corrected chi connectivity index (χ2v) is 5.84. The van der Waals surface area contributed by atoms with Crippen LogP contribution in [0, 0.1) is 0 Å². The third-order valence-electron chi connectivity index (χ3n) is 4.46. The van der Waals surface area contributed by atoms with E-state index in [2.05, 4.69) is 17.4 Å². The summed E-state index contributed by atoms with van der Waals surface area (Å²) in [5.41, 5.74) is 4.48.